The molecule has 3 nitrogen and oxygen atoms in total. The van der Waals surface area contributed by atoms with Gasteiger partial charge in [-0.2, -0.15) is 0 Å². The molecule has 0 aliphatic rings. The zero-order chi connectivity index (χ0) is 28.3. The Labute approximate surface area is 248 Å². The topological polar surface area (TPSA) is 30.7 Å². The summed E-state index contributed by atoms with van der Waals surface area (Å²) in [6, 6.07) is 53.7. The van der Waals surface area contributed by atoms with Crippen LogP contribution in [0.3, 0.4) is 0 Å². The first kappa shape index (κ1) is 23.9. The smallest absolute Gasteiger partial charge is 0.162 e. The molecule has 0 amide bonds. The van der Waals surface area contributed by atoms with Gasteiger partial charge in [-0.3, -0.25) is 4.57 Å². The zero-order valence-electron chi connectivity index (χ0n) is 23.3. The van der Waals surface area contributed by atoms with Gasteiger partial charge in [0.2, 0.25) is 0 Å². The Morgan fingerprint density at radius 3 is 1.74 bits per heavy atom. The van der Waals surface area contributed by atoms with E-state index in [2.05, 4.69) is 138 Å². The van der Waals surface area contributed by atoms with E-state index in [4.69, 9.17) is 9.97 Å². The van der Waals surface area contributed by atoms with Gasteiger partial charge in [-0.05, 0) is 50.5 Å². The number of hydrogen-bond acceptors (Lipinski definition) is 2. The molecule has 0 radical (unpaired) electrons. The largest absolute Gasteiger partial charge is 0.294 e. The lowest BCUT2D eigenvalue weighted by Crippen LogP contribution is -2.03. The first-order chi connectivity index (χ1) is 21.3. The summed E-state index contributed by atoms with van der Waals surface area (Å²) in [4.78, 5) is 10.6. The number of para-hydroxylation sites is 2. The van der Waals surface area contributed by atoms with Gasteiger partial charge >= 0.3 is 0 Å². The predicted molar refractivity (Wildman–Crippen MR) is 180 cm³/mol. The third kappa shape index (κ3) is 3.68. The molecule has 0 spiro atoms. The van der Waals surface area contributed by atoms with Crippen molar-refractivity contribution in [3.8, 4) is 28.5 Å². The van der Waals surface area contributed by atoms with Crippen molar-refractivity contribution in [1.82, 2.24) is 14.5 Å². The van der Waals surface area contributed by atoms with Gasteiger partial charge in [-0.25, -0.2) is 9.97 Å². The first-order valence-corrected chi connectivity index (χ1v) is 14.6. The van der Waals surface area contributed by atoms with E-state index in [0.717, 1.165) is 33.7 Å². The van der Waals surface area contributed by atoms with Gasteiger partial charge in [-0.15, -0.1) is 0 Å². The van der Waals surface area contributed by atoms with Crippen molar-refractivity contribution in [2.45, 2.75) is 0 Å². The molecule has 2 aromatic heterocycles. The highest BCUT2D eigenvalue weighted by atomic mass is 15.1. The summed E-state index contributed by atoms with van der Waals surface area (Å²) in [7, 11) is 0. The van der Waals surface area contributed by atoms with Crippen LogP contribution in [0.4, 0.5) is 0 Å². The molecule has 0 bridgehead atoms. The van der Waals surface area contributed by atoms with Crippen LogP contribution in [0.5, 0.6) is 0 Å². The minimum Gasteiger partial charge on any atom is -0.294 e. The lowest BCUT2D eigenvalue weighted by Gasteiger charge is -2.16. The van der Waals surface area contributed by atoms with E-state index in [9.17, 15) is 0 Å². The number of nitrogens with zero attached hydrogens (tertiary/aromatic N) is 3. The van der Waals surface area contributed by atoms with Crippen molar-refractivity contribution in [2.24, 2.45) is 0 Å². The predicted octanol–water partition coefficient (Wildman–Crippen LogP) is 10.4. The fraction of sp³-hybridized carbons (Fsp3) is 0. The first-order valence-electron chi connectivity index (χ1n) is 14.6. The van der Waals surface area contributed by atoms with E-state index in [-0.39, 0.29) is 0 Å². The van der Waals surface area contributed by atoms with Crippen LogP contribution in [-0.4, -0.2) is 14.5 Å². The molecule has 0 N–H and O–H groups in total. The third-order valence-corrected chi connectivity index (χ3v) is 8.56. The van der Waals surface area contributed by atoms with Crippen molar-refractivity contribution in [3.63, 3.8) is 0 Å². The standard InChI is InChI=1S/C40H25N3/c1-2-13-27(14-3-1)40-41-34(25-37(42-40)43-35-20-10-8-18-32(35)33-19-9-11-21-36(33)43)39-31-17-7-5-15-28(31)24-29-23-22-26-12-4-6-16-30(26)38(29)39/h1-25H. The zero-order valence-corrected chi connectivity index (χ0v) is 23.3. The van der Waals surface area contributed by atoms with Crippen LogP contribution in [-0.2, 0) is 0 Å². The number of rotatable bonds is 3. The molecule has 0 atom stereocenters. The third-order valence-electron chi connectivity index (χ3n) is 8.56. The van der Waals surface area contributed by atoms with Crippen LogP contribution in [0.25, 0.3) is 82.6 Å². The maximum absolute atomic E-state index is 5.33. The van der Waals surface area contributed by atoms with Gasteiger partial charge in [0, 0.05) is 28.0 Å². The second-order valence-electron chi connectivity index (χ2n) is 11.0. The summed E-state index contributed by atoms with van der Waals surface area (Å²) in [5.41, 5.74) is 5.28. The molecule has 43 heavy (non-hydrogen) atoms. The molecule has 9 rings (SSSR count). The highest BCUT2D eigenvalue weighted by molar-refractivity contribution is 6.21. The maximum Gasteiger partial charge on any atom is 0.162 e. The summed E-state index contributed by atoms with van der Waals surface area (Å²) in [6.07, 6.45) is 0. The SMILES string of the molecule is c1ccc(-c2nc(-c3c4ccccc4cc4ccc5ccccc5c34)cc(-n3c4ccccc4c4ccccc43)n2)cc1. The van der Waals surface area contributed by atoms with E-state index in [1.165, 1.54) is 43.1 Å². The normalized spacial score (nSPS) is 11.7. The van der Waals surface area contributed by atoms with E-state index in [1.54, 1.807) is 0 Å². The van der Waals surface area contributed by atoms with Crippen LogP contribution >= 0.6 is 0 Å². The Kier molecular flexibility index (Phi) is 5.20. The summed E-state index contributed by atoms with van der Waals surface area (Å²) in [6.45, 7) is 0. The van der Waals surface area contributed by atoms with Crippen molar-refractivity contribution in [1.29, 1.82) is 0 Å². The molecule has 0 saturated heterocycles. The van der Waals surface area contributed by atoms with Gasteiger partial charge in [0.05, 0.1) is 16.7 Å². The quantitative estimate of drug-likeness (QED) is 0.163. The number of aromatic nitrogens is 3. The van der Waals surface area contributed by atoms with E-state index in [0.29, 0.717) is 5.82 Å². The molecular formula is C40H25N3. The fourth-order valence-electron chi connectivity index (χ4n) is 6.67. The van der Waals surface area contributed by atoms with Crippen molar-refractivity contribution in [3.05, 3.63) is 152 Å². The van der Waals surface area contributed by atoms with Crippen LogP contribution < -0.4 is 0 Å². The molecule has 0 saturated carbocycles. The van der Waals surface area contributed by atoms with Crippen molar-refractivity contribution in [2.75, 3.05) is 0 Å². The van der Waals surface area contributed by atoms with Crippen LogP contribution in [0.1, 0.15) is 0 Å². The van der Waals surface area contributed by atoms with Crippen molar-refractivity contribution >= 4 is 54.1 Å². The highest BCUT2D eigenvalue weighted by Crippen LogP contribution is 2.41. The second kappa shape index (κ2) is 9.37. The Balaban J connectivity index is 1.46. The maximum atomic E-state index is 5.33. The number of fused-ring (bicyclic) bond motifs is 7. The molecule has 9 aromatic rings. The summed E-state index contributed by atoms with van der Waals surface area (Å²) in [5, 5.41) is 9.64. The van der Waals surface area contributed by atoms with E-state index < -0.39 is 0 Å². The summed E-state index contributed by atoms with van der Waals surface area (Å²) < 4.78 is 2.29. The molecular weight excluding hydrogens is 522 g/mol. The average molecular weight is 548 g/mol. The van der Waals surface area contributed by atoms with Gasteiger partial charge in [0.1, 0.15) is 5.82 Å². The Morgan fingerprint density at radius 1 is 0.419 bits per heavy atom. The number of benzene rings is 7. The lowest BCUT2D eigenvalue weighted by atomic mass is 9.91. The van der Waals surface area contributed by atoms with Crippen LogP contribution in [0.2, 0.25) is 0 Å². The summed E-state index contributed by atoms with van der Waals surface area (Å²) in [5.74, 6) is 1.55. The van der Waals surface area contributed by atoms with Crippen LogP contribution in [0.15, 0.2) is 152 Å². The second-order valence-corrected chi connectivity index (χ2v) is 11.0. The summed E-state index contributed by atoms with van der Waals surface area (Å²) >= 11 is 0. The van der Waals surface area contributed by atoms with E-state index >= 15 is 0 Å². The lowest BCUT2D eigenvalue weighted by molar-refractivity contribution is 1.05. The van der Waals surface area contributed by atoms with Gasteiger partial charge in [0.15, 0.2) is 5.82 Å². The average Bonchev–Trinajstić information content (AvgIpc) is 3.42. The van der Waals surface area contributed by atoms with E-state index in [1.807, 2.05) is 18.2 Å². The van der Waals surface area contributed by atoms with Crippen molar-refractivity contribution < 1.29 is 0 Å². The Morgan fingerprint density at radius 2 is 1.00 bits per heavy atom. The Bertz CT molecular complexity index is 2450. The van der Waals surface area contributed by atoms with Gasteiger partial charge in [-0.1, -0.05) is 127 Å². The molecule has 3 heteroatoms. The van der Waals surface area contributed by atoms with Gasteiger partial charge in [0.25, 0.3) is 0 Å². The highest BCUT2D eigenvalue weighted by Gasteiger charge is 2.19. The monoisotopic (exact) mass is 547 g/mol. The molecule has 7 aromatic carbocycles. The van der Waals surface area contributed by atoms with Gasteiger partial charge < -0.3 is 0 Å². The molecule has 0 fully saturated rings. The molecule has 0 aliphatic heterocycles. The Hall–Kier alpha value is -5.80. The number of hydrogen-bond donors (Lipinski definition) is 0. The molecule has 0 unspecified atom stereocenters. The van der Waals surface area contributed by atoms with Crippen LogP contribution in [0, 0.1) is 0 Å². The molecule has 200 valence electrons. The minimum atomic E-state index is 0.705. The molecule has 2 heterocycles. The minimum absolute atomic E-state index is 0.705. The fourth-order valence-corrected chi connectivity index (χ4v) is 6.67. The molecule has 0 aliphatic carbocycles.